The monoisotopic (exact) mass is 384 g/mol. The summed E-state index contributed by atoms with van der Waals surface area (Å²) in [6, 6.07) is 8.19. The summed E-state index contributed by atoms with van der Waals surface area (Å²) in [6.45, 7) is 0.0270. The number of aliphatic hydroxyl groups is 1. The molecule has 3 rings (SSSR count). The number of aromatic nitrogens is 1. The SMILES string of the molecule is C#CCN1C(=O)[C@@](O)(CC(=O)c2ccncc2)c2cc(Br)ccc21. The Balaban J connectivity index is 2.03. The molecule has 0 spiro atoms. The van der Waals surface area contributed by atoms with Crippen molar-refractivity contribution in [1.82, 2.24) is 4.98 Å². The van der Waals surface area contributed by atoms with Crippen LogP contribution in [0.5, 0.6) is 0 Å². The smallest absolute Gasteiger partial charge is 0.265 e. The number of carbonyl (C=O) groups is 2. The third-order valence-electron chi connectivity index (χ3n) is 3.96. The zero-order chi connectivity index (χ0) is 17.3. The quantitative estimate of drug-likeness (QED) is 0.648. The molecular weight excluding hydrogens is 372 g/mol. The molecule has 2 heterocycles. The van der Waals surface area contributed by atoms with Gasteiger partial charge >= 0.3 is 0 Å². The average molecular weight is 385 g/mol. The molecule has 1 aromatic heterocycles. The van der Waals surface area contributed by atoms with Gasteiger partial charge in [0, 0.05) is 28.0 Å². The lowest BCUT2D eigenvalue weighted by molar-refractivity contribution is -0.135. The van der Waals surface area contributed by atoms with Crippen molar-refractivity contribution in [3.05, 3.63) is 58.3 Å². The van der Waals surface area contributed by atoms with Crippen molar-refractivity contribution in [2.75, 3.05) is 11.4 Å². The minimum absolute atomic E-state index is 0.0270. The number of rotatable bonds is 4. The summed E-state index contributed by atoms with van der Waals surface area (Å²) in [5.74, 6) is 1.47. The van der Waals surface area contributed by atoms with Crippen LogP contribution >= 0.6 is 15.9 Å². The van der Waals surface area contributed by atoms with E-state index in [0.29, 0.717) is 21.3 Å². The maximum Gasteiger partial charge on any atom is 0.265 e. The lowest BCUT2D eigenvalue weighted by Gasteiger charge is -2.21. The van der Waals surface area contributed by atoms with Gasteiger partial charge in [0.2, 0.25) is 0 Å². The molecular formula is C18H13BrN2O3. The number of fused-ring (bicyclic) bond motifs is 1. The fourth-order valence-corrected chi connectivity index (χ4v) is 3.18. The first-order valence-electron chi connectivity index (χ1n) is 7.18. The molecule has 0 fully saturated rings. The normalized spacial score (nSPS) is 19.0. The minimum atomic E-state index is -1.93. The Labute approximate surface area is 147 Å². The second-order valence-corrected chi connectivity index (χ2v) is 6.37. The predicted molar refractivity (Wildman–Crippen MR) is 92.4 cm³/mol. The Morgan fingerprint density at radius 2 is 2.04 bits per heavy atom. The number of anilines is 1. The Bertz CT molecular complexity index is 860. The van der Waals surface area contributed by atoms with Gasteiger partial charge in [0.1, 0.15) is 0 Å². The van der Waals surface area contributed by atoms with Crippen molar-refractivity contribution in [2.45, 2.75) is 12.0 Å². The molecule has 0 unspecified atom stereocenters. The van der Waals surface area contributed by atoms with Gasteiger partial charge in [-0.3, -0.25) is 19.5 Å². The number of nitrogens with zero attached hydrogens (tertiary/aromatic N) is 2. The maximum atomic E-state index is 12.8. The van der Waals surface area contributed by atoms with Gasteiger partial charge in [-0.25, -0.2) is 0 Å². The molecule has 0 radical (unpaired) electrons. The number of Topliss-reactive ketones (excluding diaryl/α,β-unsaturated/α-hetero) is 1. The summed E-state index contributed by atoms with van der Waals surface area (Å²) < 4.78 is 0.700. The van der Waals surface area contributed by atoms with Crippen molar-refractivity contribution in [3.63, 3.8) is 0 Å². The number of benzene rings is 1. The molecule has 2 aromatic rings. The third kappa shape index (κ3) is 2.62. The number of ketones is 1. The van der Waals surface area contributed by atoms with Crippen LogP contribution < -0.4 is 4.90 Å². The van der Waals surface area contributed by atoms with Gasteiger partial charge in [0.05, 0.1) is 18.7 Å². The van der Waals surface area contributed by atoms with E-state index >= 15 is 0 Å². The molecule has 0 saturated heterocycles. The Morgan fingerprint density at radius 1 is 1.33 bits per heavy atom. The van der Waals surface area contributed by atoms with E-state index in [9.17, 15) is 14.7 Å². The molecule has 24 heavy (non-hydrogen) atoms. The van der Waals surface area contributed by atoms with E-state index < -0.39 is 11.5 Å². The summed E-state index contributed by atoms with van der Waals surface area (Å²) in [4.78, 5) is 30.4. The van der Waals surface area contributed by atoms with Crippen LogP contribution in [0.2, 0.25) is 0 Å². The first-order valence-corrected chi connectivity index (χ1v) is 7.98. The van der Waals surface area contributed by atoms with Crippen LogP contribution in [-0.4, -0.2) is 28.3 Å². The van der Waals surface area contributed by atoms with Gasteiger partial charge in [-0.05, 0) is 30.3 Å². The molecule has 1 aliphatic rings. The van der Waals surface area contributed by atoms with E-state index in [0.717, 1.165) is 0 Å². The van der Waals surface area contributed by atoms with Crippen molar-refractivity contribution in [1.29, 1.82) is 0 Å². The summed E-state index contributed by atoms with van der Waals surface area (Å²) in [6.07, 6.45) is 7.95. The van der Waals surface area contributed by atoms with Crippen molar-refractivity contribution >= 4 is 33.3 Å². The predicted octanol–water partition coefficient (Wildman–Crippen LogP) is 2.28. The Hall–Kier alpha value is -2.49. The Kier molecular flexibility index (Phi) is 4.22. The number of carbonyl (C=O) groups excluding carboxylic acids is 2. The first kappa shape index (κ1) is 16.4. The summed E-state index contributed by atoms with van der Waals surface area (Å²) in [7, 11) is 0. The number of hydrogen-bond donors (Lipinski definition) is 1. The van der Waals surface area contributed by atoms with Crippen LogP contribution in [0.4, 0.5) is 5.69 Å². The topological polar surface area (TPSA) is 70.5 Å². The van der Waals surface area contributed by atoms with Crippen LogP contribution in [0.15, 0.2) is 47.2 Å². The lowest BCUT2D eigenvalue weighted by atomic mass is 9.88. The average Bonchev–Trinajstić information content (AvgIpc) is 2.78. The van der Waals surface area contributed by atoms with Crippen molar-refractivity contribution in [2.24, 2.45) is 0 Å². The fourth-order valence-electron chi connectivity index (χ4n) is 2.81. The molecule has 1 amide bonds. The number of pyridine rings is 1. The van der Waals surface area contributed by atoms with Gasteiger partial charge < -0.3 is 5.11 Å². The highest BCUT2D eigenvalue weighted by Gasteiger charge is 2.50. The Morgan fingerprint density at radius 3 is 2.71 bits per heavy atom. The lowest BCUT2D eigenvalue weighted by Crippen LogP contribution is -2.42. The van der Waals surface area contributed by atoms with Crippen LogP contribution in [-0.2, 0) is 10.4 Å². The van der Waals surface area contributed by atoms with E-state index in [4.69, 9.17) is 6.42 Å². The molecule has 1 aromatic carbocycles. The number of terminal acetylenes is 1. The molecule has 1 aliphatic heterocycles. The molecule has 1 atom stereocenters. The van der Waals surface area contributed by atoms with Crippen molar-refractivity contribution < 1.29 is 14.7 Å². The second-order valence-electron chi connectivity index (χ2n) is 5.45. The van der Waals surface area contributed by atoms with Gasteiger partial charge in [-0.2, -0.15) is 0 Å². The highest BCUT2D eigenvalue weighted by Crippen LogP contribution is 2.43. The van der Waals surface area contributed by atoms with Crippen LogP contribution in [0.1, 0.15) is 22.3 Å². The number of amides is 1. The molecule has 6 heteroatoms. The molecule has 0 saturated carbocycles. The van der Waals surface area contributed by atoms with Gasteiger partial charge in [-0.1, -0.05) is 21.9 Å². The number of halogens is 1. The molecule has 120 valence electrons. The first-order chi connectivity index (χ1) is 11.5. The summed E-state index contributed by atoms with van der Waals surface area (Å²) in [5, 5.41) is 11.0. The van der Waals surface area contributed by atoms with E-state index in [1.165, 1.54) is 17.3 Å². The standard InChI is InChI=1S/C18H13BrN2O3/c1-2-9-21-15-4-3-13(19)10-14(15)18(24,17(21)23)11-16(22)12-5-7-20-8-6-12/h1,3-8,10,24H,9,11H2/t18-/m1/s1. The highest BCUT2D eigenvalue weighted by atomic mass is 79.9. The van der Waals surface area contributed by atoms with E-state index in [2.05, 4.69) is 26.8 Å². The van der Waals surface area contributed by atoms with Gasteiger partial charge in [0.25, 0.3) is 5.91 Å². The molecule has 0 bridgehead atoms. The number of hydrogen-bond acceptors (Lipinski definition) is 4. The molecule has 5 nitrogen and oxygen atoms in total. The zero-order valence-electron chi connectivity index (χ0n) is 12.6. The molecule has 1 N–H and O–H groups in total. The summed E-state index contributed by atoms with van der Waals surface area (Å²) in [5.41, 5.74) is -0.653. The highest BCUT2D eigenvalue weighted by molar-refractivity contribution is 9.10. The van der Waals surface area contributed by atoms with E-state index in [1.807, 2.05) is 0 Å². The second kappa shape index (κ2) is 6.19. The molecule has 0 aliphatic carbocycles. The fraction of sp³-hybridized carbons (Fsp3) is 0.167. The maximum absolute atomic E-state index is 12.8. The van der Waals surface area contributed by atoms with E-state index in [1.54, 1.807) is 30.3 Å². The van der Waals surface area contributed by atoms with Gasteiger partial charge in [-0.15, -0.1) is 6.42 Å². The largest absolute Gasteiger partial charge is 0.375 e. The third-order valence-corrected chi connectivity index (χ3v) is 4.46. The van der Waals surface area contributed by atoms with Crippen LogP contribution in [0, 0.1) is 12.3 Å². The minimum Gasteiger partial charge on any atom is -0.375 e. The van der Waals surface area contributed by atoms with Crippen LogP contribution in [0.25, 0.3) is 0 Å². The van der Waals surface area contributed by atoms with Crippen LogP contribution in [0.3, 0.4) is 0 Å². The zero-order valence-corrected chi connectivity index (χ0v) is 14.2. The summed E-state index contributed by atoms with van der Waals surface area (Å²) >= 11 is 3.33. The van der Waals surface area contributed by atoms with E-state index in [-0.39, 0.29) is 18.7 Å². The van der Waals surface area contributed by atoms with Gasteiger partial charge in [0.15, 0.2) is 11.4 Å². The van der Waals surface area contributed by atoms with Crippen molar-refractivity contribution in [3.8, 4) is 12.3 Å².